The summed E-state index contributed by atoms with van der Waals surface area (Å²) in [6.45, 7) is 9.56. The highest BCUT2D eigenvalue weighted by Gasteiger charge is 2.49. The minimum atomic E-state index is -0.989. The Morgan fingerprint density at radius 2 is 1.93 bits per heavy atom. The van der Waals surface area contributed by atoms with E-state index in [1.54, 1.807) is 0 Å². The first-order valence-electron chi connectivity index (χ1n) is 5.20. The summed E-state index contributed by atoms with van der Waals surface area (Å²) >= 11 is 0. The molecule has 1 saturated heterocycles. The Hall–Kier alpha value is -0.610. The average molecular weight is 215 g/mol. The zero-order valence-corrected chi connectivity index (χ0v) is 10.2. The fourth-order valence-electron chi connectivity index (χ4n) is 1.70. The average Bonchev–Trinajstić information content (AvgIpc) is 2.23. The fraction of sp³-hybridized carbons (Fsp3) is 0.909. The first-order valence-corrected chi connectivity index (χ1v) is 5.20. The van der Waals surface area contributed by atoms with Crippen molar-refractivity contribution in [2.75, 3.05) is 6.61 Å². The van der Waals surface area contributed by atoms with Crippen molar-refractivity contribution in [2.24, 2.45) is 5.73 Å². The highest BCUT2D eigenvalue weighted by Crippen LogP contribution is 2.32. The summed E-state index contributed by atoms with van der Waals surface area (Å²) in [5, 5.41) is 0. The van der Waals surface area contributed by atoms with Gasteiger partial charge in [-0.1, -0.05) is 0 Å². The molecule has 1 aliphatic heterocycles. The quantitative estimate of drug-likeness (QED) is 0.668. The predicted octanol–water partition coefficient (Wildman–Crippen LogP) is 1.22. The van der Waals surface area contributed by atoms with E-state index in [1.807, 2.05) is 34.6 Å². The van der Waals surface area contributed by atoms with Gasteiger partial charge in [0, 0.05) is 6.42 Å². The molecule has 0 aromatic carbocycles. The van der Waals surface area contributed by atoms with Crippen molar-refractivity contribution in [2.45, 2.75) is 57.8 Å². The molecule has 1 atom stereocenters. The lowest BCUT2D eigenvalue weighted by Gasteiger charge is -2.27. The molecule has 0 aliphatic carbocycles. The van der Waals surface area contributed by atoms with Crippen LogP contribution in [0.2, 0.25) is 0 Å². The van der Waals surface area contributed by atoms with Crippen molar-refractivity contribution < 1.29 is 14.3 Å². The normalized spacial score (nSPS) is 30.3. The standard InChI is InChI=1S/C11H21NO3/c1-9(2,3)15-8(13)11(12)6-10(4,5)14-7-11/h6-7,12H2,1-5H3. The first-order chi connectivity index (χ1) is 6.54. The lowest BCUT2D eigenvalue weighted by Crippen LogP contribution is -2.52. The van der Waals surface area contributed by atoms with Gasteiger partial charge in [-0.05, 0) is 34.6 Å². The third-order valence-corrected chi connectivity index (χ3v) is 2.27. The third kappa shape index (κ3) is 3.18. The summed E-state index contributed by atoms with van der Waals surface area (Å²) in [5.41, 5.74) is 4.15. The molecule has 0 saturated carbocycles. The van der Waals surface area contributed by atoms with Gasteiger partial charge in [0.25, 0.3) is 0 Å². The van der Waals surface area contributed by atoms with Gasteiger partial charge in [-0.15, -0.1) is 0 Å². The van der Waals surface area contributed by atoms with Crippen LogP contribution >= 0.6 is 0 Å². The SMILES string of the molecule is CC(C)(C)OC(=O)C1(N)COC(C)(C)C1. The summed E-state index contributed by atoms with van der Waals surface area (Å²) in [6.07, 6.45) is 0.495. The largest absolute Gasteiger partial charge is 0.459 e. The first kappa shape index (κ1) is 12.5. The van der Waals surface area contributed by atoms with Gasteiger partial charge in [-0.3, -0.25) is 0 Å². The number of hydrogen-bond donors (Lipinski definition) is 1. The molecule has 88 valence electrons. The molecule has 1 fully saturated rings. The van der Waals surface area contributed by atoms with E-state index in [4.69, 9.17) is 15.2 Å². The van der Waals surface area contributed by atoms with Gasteiger partial charge < -0.3 is 15.2 Å². The van der Waals surface area contributed by atoms with Gasteiger partial charge >= 0.3 is 5.97 Å². The van der Waals surface area contributed by atoms with Crippen molar-refractivity contribution in [3.63, 3.8) is 0 Å². The smallest absolute Gasteiger partial charge is 0.329 e. The Morgan fingerprint density at radius 1 is 1.40 bits per heavy atom. The summed E-state index contributed by atoms with van der Waals surface area (Å²) in [6, 6.07) is 0. The Labute approximate surface area is 91.1 Å². The van der Waals surface area contributed by atoms with E-state index in [0.29, 0.717) is 6.42 Å². The molecule has 4 heteroatoms. The number of carbonyl (C=O) groups excluding carboxylic acids is 1. The summed E-state index contributed by atoms with van der Waals surface area (Å²) in [7, 11) is 0. The number of rotatable bonds is 1. The molecular formula is C11H21NO3. The summed E-state index contributed by atoms with van der Waals surface area (Å²) in [5.74, 6) is -0.374. The van der Waals surface area contributed by atoms with Crippen LogP contribution in [0.25, 0.3) is 0 Å². The van der Waals surface area contributed by atoms with Crippen LogP contribution < -0.4 is 5.73 Å². The molecule has 15 heavy (non-hydrogen) atoms. The van der Waals surface area contributed by atoms with Crippen LogP contribution in [0.4, 0.5) is 0 Å². The van der Waals surface area contributed by atoms with Gasteiger partial charge in [0.2, 0.25) is 0 Å². The monoisotopic (exact) mass is 215 g/mol. The van der Waals surface area contributed by atoms with Crippen molar-refractivity contribution in [3.05, 3.63) is 0 Å². The maximum Gasteiger partial charge on any atom is 0.329 e. The molecule has 2 N–H and O–H groups in total. The van der Waals surface area contributed by atoms with Crippen LogP contribution in [0.15, 0.2) is 0 Å². The van der Waals surface area contributed by atoms with Gasteiger partial charge in [0.05, 0.1) is 12.2 Å². The van der Waals surface area contributed by atoms with Gasteiger partial charge in [0.15, 0.2) is 0 Å². The Balaban J connectivity index is 2.69. The van der Waals surface area contributed by atoms with Crippen molar-refractivity contribution in [3.8, 4) is 0 Å². The van der Waals surface area contributed by atoms with E-state index in [-0.39, 0.29) is 18.2 Å². The Morgan fingerprint density at radius 3 is 2.27 bits per heavy atom. The molecule has 0 aromatic heterocycles. The highest BCUT2D eigenvalue weighted by molar-refractivity contribution is 5.81. The minimum absolute atomic E-state index is 0.231. The number of nitrogens with two attached hydrogens (primary N) is 1. The number of hydrogen-bond acceptors (Lipinski definition) is 4. The third-order valence-electron chi connectivity index (χ3n) is 2.27. The predicted molar refractivity (Wildman–Crippen MR) is 57.4 cm³/mol. The number of carbonyl (C=O) groups is 1. The zero-order chi connectivity index (χ0) is 11.9. The molecule has 1 heterocycles. The molecule has 1 rings (SSSR count). The van der Waals surface area contributed by atoms with Crippen molar-refractivity contribution >= 4 is 5.97 Å². The molecule has 0 spiro atoms. The Kier molecular flexibility index (Phi) is 2.87. The number of ether oxygens (including phenoxy) is 2. The van der Waals surface area contributed by atoms with Crippen LogP contribution in [0.1, 0.15) is 41.0 Å². The van der Waals surface area contributed by atoms with Crippen LogP contribution in [0, 0.1) is 0 Å². The van der Waals surface area contributed by atoms with E-state index in [1.165, 1.54) is 0 Å². The van der Waals surface area contributed by atoms with E-state index in [9.17, 15) is 4.79 Å². The van der Waals surface area contributed by atoms with Gasteiger partial charge in [-0.2, -0.15) is 0 Å². The molecule has 0 bridgehead atoms. The molecule has 4 nitrogen and oxygen atoms in total. The van der Waals surface area contributed by atoms with Crippen LogP contribution in [0.5, 0.6) is 0 Å². The van der Waals surface area contributed by atoms with E-state index in [2.05, 4.69) is 0 Å². The minimum Gasteiger partial charge on any atom is -0.459 e. The molecule has 0 amide bonds. The van der Waals surface area contributed by atoms with Gasteiger partial charge in [-0.25, -0.2) is 4.79 Å². The molecule has 1 unspecified atom stereocenters. The second kappa shape index (κ2) is 3.46. The topological polar surface area (TPSA) is 61.5 Å². The zero-order valence-electron chi connectivity index (χ0n) is 10.2. The van der Waals surface area contributed by atoms with E-state index in [0.717, 1.165) is 0 Å². The van der Waals surface area contributed by atoms with Crippen LogP contribution in [-0.4, -0.2) is 29.3 Å². The summed E-state index contributed by atoms with van der Waals surface area (Å²) in [4.78, 5) is 11.8. The van der Waals surface area contributed by atoms with Crippen molar-refractivity contribution in [1.82, 2.24) is 0 Å². The highest BCUT2D eigenvalue weighted by atomic mass is 16.6. The van der Waals surface area contributed by atoms with E-state index < -0.39 is 11.1 Å². The lowest BCUT2D eigenvalue weighted by atomic mass is 9.91. The fourth-order valence-corrected chi connectivity index (χ4v) is 1.70. The lowest BCUT2D eigenvalue weighted by molar-refractivity contribution is -0.161. The molecule has 0 aromatic rings. The van der Waals surface area contributed by atoms with Gasteiger partial charge in [0.1, 0.15) is 11.1 Å². The second-order valence-electron chi connectivity index (χ2n) is 5.88. The van der Waals surface area contributed by atoms with Crippen LogP contribution in [0.3, 0.4) is 0 Å². The summed E-state index contributed by atoms with van der Waals surface area (Å²) < 4.78 is 10.7. The maximum absolute atomic E-state index is 11.8. The second-order valence-corrected chi connectivity index (χ2v) is 5.88. The number of esters is 1. The Bertz CT molecular complexity index is 267. The molecule has 0 radical (unpaired) electrons. The van der Waals surface area contributed by atoms with Crippen molar-refractivity contribution in [1.29, 1.82) is 0 Å². The van der Waals surface area contributed by atoms with Crippen LogP contribution in [-0.2, 0) is 14.3 Å². The maximum atomic E-state index is 11.8. The molecule has 1 aliphatic rings. The van der Waals surface area contributed by atoms with E-state index >= 15 is 0 Å². The molecular weight excluding hydrogens is 194 g/mol.